The van der Waals surface area contributed by atoms with Crippen molar-refractivity contribution in [1.82, 2.24) is 9.55 Å². The van der Waals surface area contributed by atoms with E-state index in [1.807, 2.05) is 60.1 Å². The highest BCUT2D eigenvalue weighted by Gasteiger charge is 2.15. The molecule has 7 heteroatoms. The van der Waals surface area contributed by atoms with Crippen LogP contribution in [0.5, 0.6) is 11.5 Å². The van der Waals surface area contributed by atoms with Gasteiger partial charge in [-0.05, 0) is 58.4 Å². The number of amides is 1. The molecule has 0 radical (unpaired) electrons. The highest BCUT2D eigenvalue weighted by atomic mass is 79.9. The number of hydrogen-bond donors (Lipinski definition) is 1. The highest BCUT2D eigenvalue weighted by molar-refractivity contribution is 9.10. The first-order chi connectivity index (χ1) is 14.6. The molecule has 152 valence electrons. The van der Waals surface area contributed by atoms with Crippen LogP contribution in [0.4, 0.5) is 5.95 Å². The minimum Gasteiger partial charge on any atom is -0.496 e. The van der Waals surface area contributed by atoms with E-state index in [0.29, 0.717) is 23.0 Å². The molecule has 30 heavy (non-hydrogen) atoms. The Morgan fingerprint density at radius 1 is 1.07 bits per heavy atom. The second kappa shape index (κ2) is 8.59. The molecule has 0 saturated heterocycles. The summed E-state index contributed by atoms with van der Waals surface area (Å²) < 4.78 is 14.1. The van der Waals surface area contributed by atoms with Crippen molar-refractivity contribution in [3.8, 4) is 11.5 Å². The summed E-state index contributed by atoms with van der Waals surface area (Å²) in [5, 5.41) is 2.89. The van der Waals surface area contributed by atoms with Crippen LogP contribution in [0, 0.1) is 0 Å². The fourth-order valence-corrected chi connectivity index (χ4v) is 3.58. The number of imidazole rings is 1. The summed E-state index contributed by atoms with van der Waals surface area (Å²) in [4.78, 5) is 17.4. The zero-order chi connectivity index (χ0) is 21.1. The van der Waals surface area contributed by atoms with E-state index in [-0.39, 0.29) is 12.5 Å². The molecule has 4 aromatic rings. The van der Waals surface area contributed by atoms with Gasteiger partial charge in [0, 0.05) is 18.2 Å². The zero-order valence-electron chi connectivity index (χ0n) is 16.6. The minimum absolute atomic E-state index is 0.252. The topological polar surface area (TPSA) is 65.4 Å². The number of nitrogens with one attached hydrogen (secondary N) is 1. The molecule has 1 aromatic heterocycles. The van der Waals surface area contributed by atoms with Crippen molar-refractivity contribution in [2.24, 2.45) is 7.05 Å². The monoisotopic (exact) mass is 465 g/mol. The maximum Gasteiger partial charge on any atom is 0.257 e. The summed E-state index contributed by atoms with van der Waals surface area (Å²) in [5.41, 5.74) is 3.04. The molecular formula is C23H20BrN3O3. The molecule has 0 atom stereocenters. The summed E-state index contributed by atoms with van der Waals surface area (Å²) in [6.07, 6.45) is 0. The number of anilines is 1. The average Bonchev–Trinajstić information content (AvgIpc) is 3.08. The Balaban J connectivity index is 1.56. The van der Waals surface area contributed by atoms with Crippen molar-refractivity contribution >= 4 is 38.8 Å². The van der Waals surface area contributed by atoms with E-state index in [9.17, 15) is 4.79 Å². The standard InChI is InChI=1S/C23H20BrN3O3/c1-27-19-9-5-4-8-18(19)25-23(27)26-22(28)15-11-12-20(29-2)16(13-15)14-30-21-10-6-3-7-17(21)24/h3-13H,14H2,1-2H3,(H,25,26,28). The Morgan fingerprint density at radius 2 is 1.83 bits per heavy atom. The fraction of sp³-hybridized carbons (Fsp3) is 0.130. The van der Waals surface area contributed by atoms with Crippen molar-refractivity contribution in [2.75, 3.05) is 12.4 Å². The average molecular weight is 466 g/mol. The molecule has 0 fully saturated rings. The molecule has 1 heterocycles. The second-order valence-corrected chi connectivity index (χ2v) is 7.54. The first kappa shape index (κ1) is 20.0. The summed E-state index contributed by atoms with van der Waals surface area (Å²) >= 11 is 3.47. The normalized spacial score (nSPS) is 10.8. The first-order valence-electron chi connectivity index (χ1n) is 9.34. The third-order valence-electron chi connectivity index (χ3n) is 4.77. The van der Waals surface area contributed by atoms with Gasteiger partial charge in [-0.1, -0.05) is 24.3 Å². The SMILES string of the molecule is COc1ccc(C(=O)Nc2nc3ccccc3n2C)cc1COc1ccccc1Br. The van der Waals surface area contributed by atoms with Crippen LogP contribution in [0.15, 0.2) is 71.2 Å². The maximum absolute atomic E-state index is 12.9. The Labute approximate surface area is 182 Å². The summed E-state index contributed by atoms with van der Waals surface area (Å²) in [6, 6.07) is 20.6. The van der Waals surface area contributed by atoms with Crippen LogP contribution >= 0.6 is 15.9 Å². The van der Waals surface area contributed by atoms with Crippen molar-refractivity contribution in [3.05, 3.63) is 82.3 Å². The molecule has 6 nitrogen and oxygen atoms in total. The zero-order valence-corrected chi connectivity index (χ0v) is 18.1. The van der Waals surface area contributed by atoms with Crippen LogP contribution < -0.4 is 14.8 Å². The van der Waals surface area contributed by atoms with Gasteiger partial charge >= 0.3 is 0 Å². The van der Waals surface area contributed by atoms with E-state index in [4.69, 9.17) is 9.47 Å². The van der Waals surface area contributed by atoms with Crippen molar-refractivity contribution in [2.45, 2.75) is 6.61 Å². The van der Waals surface area contributed by atoms with Gasteiger partial charge in [-0.2, -0.15) is 0 Å². The number of para-hydroxylation sites is 3. The quantitative estimate of drug-likeness (QED) is 0.426. The van der Waals surface area contributed by atoms with E-state index in [0.717, 1.165) is 21.1 Å². The van der Waals surface area contributed by atoms with Crippen molar-refractivity contribution in [1.29, 1.82) is 0 Å². The highest BCUT2D eigenvalue weighted by Crippen LogP contribution is 2.27. The van der Waals surface area contributed by atoms with Gasteiger partial charge < -0.3 is 14.0 Å². The number of ether oxygens (including phenoxy) is 2. The Bertz CT molecular complexity index is 1220. The first-order valence-corrected chi connectivity index (χ1v) is 10.1. The lowest BCUT2D eigenvalue weighted by molar-refractivity contribution is 0.102. The van der Waals surface area contributed by atoms with E-state index >= 15 is 0 Å². The number of aryl methyl sites for hydroxylation is 1. The third-order valence-corrected chi connectivity index (χ3v) is 5.43. The Kier molecular flexibility index (Phi) is 5.72. The summed E-state index contributed by atoms with van der Waals surface area (Å²) in [6.45, 7) is 0.263. The van der Waals surface area contributed by atoms with E-state index < -0.39 is 0 Å². The predicted molar refractivity (Wildman–Crippen MR) is 120 cm³/mol. The van der Waals surface area contributed by atoms with Crippen LogP contribution in [0.1, 0.15) is 15.9 Å². The molecule has 0 aliphatic rings. The van der Waals surface area contributed by atoms with Crippen LogP contribution in [0.3, 0.4) is 0 Å². The molecule has 0 bridgehead atoms. The molecule has 0 aliphatic carbocycles. The molecule has 4 rings (SSSR count). The van der Waals surface area contributed by atoms with Gasteiger partial charge in [-0.15, -0.1) is 0 Å². The van der Waals surface area contributed by atoms with Crippen molar-refractivity contribution in [3.63, 3.8) is 0 Å². The second-order valence-electron chi connectivity index (χ2n) is 6.68. The molecule has 1 amide bonds. The van der Waals surface area contributed by atoms with Gasteiger partial charge in [-0.25, -0.2) is 4.98 Å². The number of aromatic nitrogens is 2. The number of rotatable bonds is 6. The smallest absolute Gasteiger partial charge is 0.257 e. The van der Waals surface area contributed by atoms with Crippen molar-refractivity contribution < 1.29 is 14.3 Å². The number of fused-ring (bicyclic) bond motifs is 1. The maximum atomic E-state index is 12.9. The summed E-state index contributed by atoms with van der Waals surface area (Å²) in [5.74, 6) is 1.61. The molecular weight excluding hydrogens is 446 g/mol. The van der Waals surface area contributed by atoms with Gasteiger partial charge in [0.2, 0.25) is 5.95 Å². The number of carbonyl (C=O) groups excluding carboxylic acids is 1. The number of nitrogens with zero attached hydrogens (tertiary/aromatic N) is 2. The predicted octanol–water partition coefficient (Wildman–Crippen LogP) is 5.18. The minimum atomic E-state index is -0.252. The van der Waals surface area contributed by atoms with Crippen LogP contribution in [-0.4, -0.2) is 22.6 Å². The Morgan fingerprint density at radius 3 is 2.60 bits per heavy atom. The number of carbonyl (C=O) groups is 1. The number of methoxy groups -OCH3 is 1. The molecule has 0 saturated carbocycles. The number of benzene rings is 3. The molecule has 0 aliphatic heterocycles. The lowest BCUT2D eigenvalue weighted by Gasteiger charge is -2.13. The van der Waals surface area contributed by atoms with Crippen LogP contribution in [0.25, 0.3) is 11.0 Å². The number of hydrogen-bond acceptors (Lipinski definition) is 4. The molecule has 1 N–H and O–H groups in total. The lowest BCUT2D eigenvalue weighted by atomic mass is 10.1. The van der Waals surface area contributed by atoms with Crippen LogP contribution in [0.2, 0.25) is 0 Å². The van der Waals surface area contributed by atoms with E-state index in [1.54, 1.807) is 25.3 Å². The lowest BCUT2D eigenvalue weighted by Crippen LogP contribution is -2.15. The van der Waals surface area contributed by atoms with Gasteiger partial charge in [0.05, 0.1) is 22.6 Å². The summed E-state index contributed by atoms with van der Waals surface area (Å²) in [7, 11) is 3.46. The Hall–Kier alpha value is -3.32. The van der Waals surface area contributed by atoms with Gasteiger partial charge in [0.25, 0.3) is 5.91 Å². The largest absolute Gasteiger partial charge is 0.496 e. The third kappa shape index (κ3) is 4.02. The van der Waals surface area contributed by atoms with Gasteiger partial charge in [-0.3, -0.25) is 10.1 Å². The molecule has 3 aromatic carbocycles. The number of halogens is 1. The van der Waals surface area contributed by atoms with Crippen LogP contribution in [-0.2, 0) is 13.7 Å². The van der Waals surface area contributed by atoms with E-state index in [1.165, 1.54) is 0 Å². The molecule has 0 spiro atoms. The van der Waals surface area contributed by atoms with Gasteiger partial charge in [0.15, 0.2) is 0 Å². The molecule has 0 unspecified atom stereocenters. The van der Waals surface area contributed by atoms with Gasteiger partial charge in [0.1, 0.15) is 18.1 Å². The van der Waals surface area contributed by atoms with E-state index in [2.05, 4.69) is 26.2 Å². The fourth-order valence-electron chi connectivity index (χ4n) is 3.18.